The molecule has 0 bridgehead atoms. The van der Waals surface area contributed by atoms with Crippen LogP contribution in [-0.2, 0) is 26.3 Å². The second kappa shape index (κ2) is 5.87. The Balaban J connectivity index is 3.13. The van der Waals surface area contributed by atoms with Crippen molar-refractivity contribution in [1.29, 1.82) is 0 Å². The van der Waals surface area contributed by atoms with Crippen LogP contribution < -0.4 is 4.74 Å². The molecule has 0 radical (unpaired) electrons. The van der Waals surface area contributed by atoms with Gasteiger partial charge in [-0.15, -0.1) is 0 Å². The molecular formula is C14H20O4. The van der Waals surface area contributed by atoms with Gasteiger partial charge >= 0.3 is 5.97 Å². The van der Waals surface area contributed by atoms with Crippen LogP contribution in [0.5, 0.6) is 5.75 Å². The van der Waals surface area contributed by atoms with Gasteiger partial charge in [0.1, 0.15) is 5.75 Å². The van der Waals surface area contributed by atoms with E-state index in [2.05, 4.69) is 4.74 Å². The fourth-order valence-electron chi connectivity index (χ4n) is 1.64. The molecule has 0 atom stereocenters. The maximum Gasteiger partial charge on any atom is 0.310 e. The molecule has 1 aromatic rings. The first-order chi connectivity index (χ1) is 8.44. The Labute approximate surface area is 108 Å². The molecule has 0 aliphatic rings. The number of esters is 1. The molecule has 0 saturated heterocycles. The monoisotopic (exact) mass is 252 g/mol. The first-order valence-corrected chi connectivity index (χ1v) is 5.74. The molecule has 0 saturated carbocycles. The lowest BCUT2D eigenvalue weighted by molar-refractivity contribution is -0.139. The van der Waals surface area contributed by atoms with Crippen molar-refractivity contribution in [3.05, 3.63) is 29.3 Å². The van der Waals surface area contributed by atoms with Gasteiger partial charge in [-0.3, -0.25) is 4.79 Å². The molecule has 0 aliphatic carbocycles. The van der Waals surface area contributed by atoms with Crippen LogP contribution in [0.3, 0.4) is 0 Å². The summed E-state index contributed by atoms with van der Waals surface area (Å²) in [5, 5.41) is 0. The molecule has 4 heteroatoms. The van der Waals surface area contributed by atoms with Crippen LogP contribution in [0.1, 0.15) is 25.0 Å². The molecule has 1 rings (SSSR count). The molecule has 0 fully saturated rings. The Morgan fingerprint density at radius 2 is 1.89 bits per heavy atom. The normalized spacial score (nSPS) is 11.2. The summed E-state index contributed by atoms with van der Waals surface area (Å²) in [6.45, 7) is 3.94. The molecule has 1 aromatic carbocycles. The molecule has 0 spiro atoms. The van der Waals surface area contributed by atoms with E-state index in [0.717, 1.165) is 11.1 Å². The van der Waals surface area contributed by atoms with E-state index in [0.29, 0.717) is 5.75 Å². The van der Waals surface area contributed by atoms with E-state index in [1.54, 1.807) is 14.2 Å². The van der Waals surface area contributed by atoms with Gasteiger partial charge in [-0.05, 0) is 31.5 Å². The third kappa shape index (κ3) is 3.23. The number of hydrogen-bond donors (Lipinski definition) is 0. The molecule has 18 heavy (non-hydrogen) atoms. The summed E-state index contributed by atoms with van der Waals surface area (Å²) in [6.07, 6.45) is 0.188. The van der Waals surface area contributed by atoms with Crippen molar-refractivity contribution < 1.29 is 19.0 Å². The predicted octanol–water partition coefficient (Wildman–Crippen LogP) is 2.29. The highest BCUT2D eigenvalue weighted by Crippen LogP contribution is 2.29. The minimum Gasteiger partial charge on any atom is -0.496 e. The van der Waals surface area contributed by atoms with Gasteiger partial charge in [-0.25, -0.2) is 0 Å². The quantitative estimate of drug-likeness (QED) is 0.754. The average molecular weight is 252 g/mol. The van der Waals surface area contributed by atoms with Gasteiger partial charge in [0.25, 0.3) is 0 Å². The van der Waals surface area contributed by atoms with Gasteiger partial charge in [0, 0.05) is 12.7 Å². The molecule has 0 aromatic heterocycles. The SMILES string of the molecule is COC(=O)Cc1cc(C(C)(C)OC)ccc1OC. The minimum absolute atomic E-state index is 0.188. The van der Waals surface area contributed by atoms with Crippen LogP contribution >= 0.6 is 0 Å². The van der Waals surface area contributed by atoms with E-state index >= 15 is 0 Å². The maximum absolute atomic E-state index is 11.4. The summed E-state index contributed by atoms with van der Waals surface area (Å²) in [4.78, 5) is 11.4. The highest BCUT2D eigenvalue weighted by Gasteiger charge is 2.21. The molecular weight excluding hydrogens is 232 g/mol. The third-order valence-electron chi connectivity index (χ3n) is 3.05. The largest absolute Gasteiger partial charge is 0.496 e. The molecule has 0 amide bonds. The zero-order valence-electron chi connectivity index (χ0n) is 11.6. The van der Waals surface area contributed by atoms with Crippen LogP contribution in [0.15, 0.2) is 18.2 Å². The molecule has 0 unspecified atom stereocenters. The van der Waals surface area contributed by atoms with Crippen molar-refractivity contribution in [2.45, 2.75) is 25.9 Å². The summed E-state index contributed by atoms with van der Waals surface area (Å²) in [7, 11) is 4.61. The number of ether oxygens (including phenoxy) is 3. The first kappa shape index (κ1) is 14.5. The zero-order chi connectivity index (χ0) is 13.8. The van der Waals surface area contributed by atoms with E-state index in [1.807, 2.05) is 32.0 Å². The first-order valence-electron chi connectivity index (χ1n) is 5.74. The van der Waals surface area contributed by atoms with E-state index < -0.39 is 5.60 Å². The Bertz CT molecular complexity index is 424. The van der Waals surface area contributed by atoms with Gasteiger partial charge in [0.2, 0.25) is 0 Å². The number of carbonyl (C=O) groups is 1. The number of carbonyl (C=O) groups excluding carboxylic acids is 1. The number of benzene rings is 1. The number of rotatable bonds is 5. The molecule has 0 N–H and O–H groups in total. The Hall–Kier alpha value is -1.55. The van der Waals surface area contributed by atoms with Gasteiger partial charge in [0.15, 0.2) is 0 Å². The Kier molecular flexibility index (Phi) is 4.73. The minimum atomic E-state index is -0.406. The highest BCUT2D eigenvalue weighted by molar-refractivity contribution is 5.73. The second-order valence-electron chi connectivity index (χ2n) is 4.49. The van der Waals surface area contributed by atoms with Crippen LogP contribution in [-0.4, -0.2) is 27.3 Å². The van der Waals surface area contributed by atoms with Gasteiger partial charge in [-0.2, -0.15) is 0 Å². The second-order valence-corrected chi connectivity index (χ2v) is 4.49. The van der Waals surface area contributed by atoms with Gasteiger partial charge in [-0.1, -0.05) is 6.07 Å². The lowest BCUT2D eigenvalue weighted by Crippen LogP contribution is -2.20. The Morgan fingerprint density at radius 3 is 2.39 bits per heavy atom. The van der Waals surface area contributed by atoms with Crippen molar-refractivity contribution in [2.24, 2.45) is 0 Å². The average Bonchev–Trinajstić information content (AvgIpc) is 2.38. The predicted molar refractivity (Wildman–Crippen MR) is 68.7 cm³/mol. The van der Waals surface area contributed by atoms with E-state index in [1.165, 1.54) is 7.11 Å². The summed E-state index contributed by atoms with van der Waals surface area (Å²) in [5.41, 5.74) is 1.38. The fraction of sp³-hybridized carbons (Fsp3) is 0.500. The van der Waals surface area contributed by atoms with Crippen molar-refractivity contribution in [1.82, 2.24) is 0 Å². The van der Waals surface area contributed by atoms with Crippen molar-refractivity contribution in [3.8, 4) is 5.75 Å². The van der Waals surface area contributed by atoms with Crippen molar-refractivity contribution in [2.75, 3.05) is 21.3 Å². The molecule has 0 heterocycles. The zero-order valence-corrected chi connectivity index (χ0v) is 11.6. The van der Waals surface area contributed by atoms with E-state index in [4.69, 9.17) is 9.47 Å². The van der Waals surface area contributed by atoms with Crippen LogP contribution in [0, 0.1) is 0 Å². The number of methoxy groups -OCH3 is 3. The fourth-order valence-corrected chi connectivity index (χ4v) is 1.64. The highest BCUT2D eigenvalue weighted by atomic mass is 16.5. The van der Waals surface area contributed by atoms with Crippen LogP contribution in [0.2, 0.25) is 0 Å². The van der Waals surface area contributed by atoms with E-state index in [9.17, 15) is 4.79 Å². The van der Waals surface area contributed by atoms with Crippen molar-refractivity contribution in [3.63, 3.8) is 0 Å². The molecule has 0 aliphatic heterocycles. The third-order valence-corrected chi connectivity index (χ3v) is 3.05. The lowest BCUT2D eigenvalue weighted by Gasteiger charge is -2.24. The smallest absolute Gasteiger partial charge is 0.310 e. The van der Waals surface area contributed by atoms with Crippen LogP contribution in [0.4, 0.5) is 0 Å². The standard InChI is InChI=1S/C14H20O4/c1-14(2,18-5)11-6-7-12(16-3)10(8-11)9-13(15)17-4/h6-8H,9H2,1-5H3. The summed E-state index contributed by atoms with van der Waals surface area (Å²) in [5.74, 6) is 0.386. The van der Waals surface area contributed by atoms with Crippen LogP contribution in [0.25, 0.3) is 0 Å². The maximum atomic E-state index is 11.4. The van der Waals surface area contributed by atoms with Crippen molar-refractivity contribution >= 4 is 5.97 Å². The number of hydrogen-bond acceptors (Lipinski definition) is 4. The summed E-state index contributed by atoms with van der Waals surface area (Å²) >= 11 is 0. The Morgan fingerprint density at radius 1 is 1.22 bits per heavy atom. The summed E-state index contributed by atoms with van der Waals surface area (Å²) < 4.78 is 15.3. The lowest BCUT2D eigenvalue weighted by atomic mass is 9.95. The molecule has 4 nitrogen and oxygen atoms in total. The molecule has 100 valence electrons. The van der Waals surface area contributed by atoms with Gasteiger partial charge < -0.3 is 14.2 Å². The van der Waals surface area contributed by atoms with E-state index in [-0.39, 0.29) is 12.4 Å². The topological polar surface area (TPSA) is 44.8 Å². The van der Waals surface area contributed by atoms with Gasteiger partial charge in [0.05, 0.1) is 26.2 Å². The summed E-state index contributed by atoms with van der Waals surface area (Å²) in [6, 6.07) is 5.69.